The van der Waals surface area contributed by atoms with E-state index >= 15 is 0 Å². The number of hydrogen-bond donors (Lipinski definition) is 2. The molecule has 22 heavy (non-hydrogen) atoms. The highest BCUT2D eigenvalue weighted by Gasteiger charge is 1.99. The fourth-order valence-electron chi connectivity index (χ4n) is 1.88. The highest BCUT2D eigenvalue weighted by Crippen LogP contribution is 2.05. The van der Waals surface area contributed by atoms with E-state index in [1.807, 2.05) is 24.3 Å². The Labute approximate surface area is 153 Å². The first kappa shape index (κ1) is 18.7. The van der Waals surface area contributed by atoms with Crippen molar-refractivity contribution in [2.24, 2.45) is 4.99 Å². The van der Waals surface area contributed by atoms with Crippen LogP contribution in [0.15, 0.2) is 53.7 Å². The maximum absolute atomic E-state index is 5.76. The van der Waals surface area contributed by atoms with Gasteiger partial charge in [0.05, 0.1) is 0 Å². The number of guanidine groups is 1. The topological polar surface area (TPSA) is 49.3 Å². The largest absolute Gasteiger partial charge is 0.356 e. The summed E-state index contributed by atoms with van der Waals surface area (Å²) in [6, 6.07) is 14.0. The summed E-state index contributed by atoms with van der Waals surface area (Å²) in [5.74, 6) is 0.792. The van der Waals surface area contributed by atoms with Gasteiger partial charge >= 0.3 is 0 Å². The lowest BCUT2D eigenvalue weighted by Crippen LogP contribution is -2.37. The minimum absolute atomic E-state index is 0. The molecule has 2 rings (SSSR count). The van der Waals surface area contributed by atoms with Crippen LogP contribution < -0.4 is 10.6 Å². The lowest BCUT2D eigenvalue weighted by Gasteiger charge is -2.11. The Bertz CT molecular complexity index is 572. The molecule has 1 aromatic carbocycles. The first-order chi connectivity index (χ1) is 10.3. The van der Waals surface area contributed by atoms with E-state index in [0.29, 0.717) is 5.15 Å². The van der Waals surface area contributed by atoms with E-state index in [2.05, 4.69) is 32.7 Å². The van der Waals surface area contributed by atoms with E-state index in [4.69, 9.17) is 11.6 Å². The van der Waals surface area contributed by atoms with E-state index in [1.165, 1.54) is 5.56 Å². The molecule has 0 radical (unpaired) electrons. The first-order valence-electron chi connectivity index (χ1n) is 6.87. The zero-order valence-corrected chi connectivity index (χ0v) is 15.5. The van der Waals surface area contributed by atoms with Gasteiger partial charge in [-0.25, -0.2) is 4.98 Å². The predicted octanol–water partition coefficient (Wildman–Crippen LogP) is 3.26. The first-order valence-corrected chi connectivity index (χ1v) is 7.24. The standard InChI is InChI=1S/C16H19ClN4.HI/c1-18-16(21-12-13-5-3-2-4-6-13)19-10-9-14-7-8-15(17)20-11-14;/h2-8,11H,9-10,12H2,1H3,(H2,18,19,21);1H. The van der Waals surface area contributed by atoms with Gasteiger partial charge in [0.2, 0.25) is 0 Å². The third-order valence-electron chi connectivity index (χ3n) is 3.02. The molecule has 0 aliphatic carbocycles. The zero-order valence-electron chi connectivity index (χ0n) is 12.4. The fraction of sp³-hybridized carbons (Fsp3) is 0.250. The van der Waals surface area contributed by atoms with Crippen LogP contribution >= 0.6 is 35.6 Å². The molecule has 1 heterocycles. The van der Waals surface area contributed by atoms with Crippen molar-refractivity contribution in [3.8, 4) is 0 Å². The van der Waals surface area contributed by atoms with Crippen LogP contribution in [-0.2, 0) is 13.0 Å². The Kier molecular flexibility index (Phi) is 8.84. The molecular weight excluding hydrogens is 411 g/mol. The van der Waals surface area contributed by atoms with Crippen molar-refractivity contribution in [3.05, 3.63) is 64.9 Å². The molecule has 1 aromatic heterocycles. The number of benzene rings is 1. The van der Waals surface area contributed by atoms with Crippen LogP contribution in [0.5, 0.6) is 0 Å². The number of rotatable bonds is 5. The molecule has 0 unspecified atom stereocenters. The highest BCUT2D eigenvalue weighted by molar-refractivity contribution is 14.0. The number of pyridine rings is 1. The highest BCUT2D eigenvalue weighted by atomic mass is 127. The van der Waals surface area contributed by atoms with Gasteiger partial charge in [-0.1, -0.05) is 48.0 Å². The summed E-state index contributed by atoms with van der Waals surface area (Å²) >= 11 is 5.76. The zero-order chi connectivity index (χ0) is 14.9. The van der Waals surface area contributed by atoms with E-state index in [9.17, 15) is 0 Å². The van der Waals surface area contributed by atoms with Crippen molar-refractivity contribution in [1.29, 1.82) is 0 Å². The minimum atomic E-state index is 0. The van der Waals surface area contributed by atoms with E-state index in [-0.39, 0.29) is 24.0 Å². The van der Waals surface area contributed by atoms with E-state index in [0.717, 1.165) is 31.0 Å². The van der Waals surface area contributed by atoms with Crippen molar-refractivity contribution in [3.63, 3.8) is 0 Å². The van der Waals surface area contributed by atoms with Crippen LogP contribution in [0.3, 0.4) is 0 Å². The smallest absolute Gasteiger partial charge is 0.191 e. The quantitative estimate of drug-likeness (QED) is 0.331. The molecule has 0 aliphatic heterocycles. The van der Waals surface area contributed by atoms with Crippen molar-refractivity contribution in [2.75, 3.05) is 13.6 Å². The monoisotopic (exact) mass is 430 g/mol. The van der Waals surface area contributed by atoms with Gasteiger partial charge in [-0.15, -0.1) is 24.0 Å². The van der Waals surface area contributed by atoms with Gasteiger partial charge in [-0.3, -0.25) is 4.99 Å². The van der Waals surface area contributed by atoms with Crippen LogP contribution in [0.25, 0.3) is 0 Å². The van der Waals surface area contributed by atoms with Gasteiger partial charge in [-0.2, -0.15) is 0 Å². The second kappa shape index (κ2) is 10.4. The summed E-state index contributed by atoms with van der Waals surface area (Å²) in [4.78, 5) is 8.27. The van der Waals surface area contributed by atoms with Gasteiger partial charge in [0.15, 0.2) is 5.96 Å². The van der Waals surface area contributed by atoms with Gasteiger partial charge in [-0.05, 0) is 23.6 Å². The van der Waals surface area contributed by atoms with Crippen molar-refractivity contribution in [1.82, 2.24) is 15.6 Å². The Morgan fingerprint density at radius 1 is 1.09 bits per heavy atom. The lowest BCUT2D eigenvalue weighted by molar-refractivity contribution is 0.793. The maximum Gasteiger partial charge on any atom is 0.191 e. The summed E-state index contributed by atoms with van der Waals surface area (Å²) in [7, 11) is 1.77. The average Bonchev–Trinajstić information content (AvgIpc) is 2.53. The third kappa shape index (κ3) is 6.62. The normalized spacial score (nSPS) is 10.7. The second-order valence-electron chi connectivity index (χ2n) is 4.58. The average molecular weight is 431 g/mol. The van der Waals surface area contributed by atoms with Crippen LogP contribution in [0.2, 0.25) is 5.15 Å². The number of hydrogen-bond acceptors (Lipinski definition) is 2. The molecule has 4 nitrogen and oxygen atoms in total. The Balaban J connectivity index is 0.00000242. The van der Waals surface area contributed by atoms with E-state index < -0.39 is 0 Å². The maximum atomic E-state index is 5.76. The molecule has 118 valence electrons. The number of nitrogens with one attached hydrogen (secondary N) is 2. The molecular formula is C16H20ClIN4. The van der Waals surface area contributed by atoms with Crippen molar-refractivity contribution < 1.29 is 0 Å². The predicted molar refractivity (Wildman–Crippen MR) is 103 cm³/mol. The summed E-state index contributed by atoms with van der Waals surface area (Å²) in [6.45, 7) is 1.54. The number of aromatic nitrogens is 1. The van der Waals surface area contributed by atoms with Crippen molar-refractivity contribution in [2.45, 2.75) is 13.0 Å². The van der Waals surface area contributed by atoms with Gasteiger partial charge in [0.25, 0.3) is 0 Å². The van der Waals surface area contributed by atoms with Crippen LogP contribution in [-0.4, -0.2) is 24.5 Å². The molecule has 0 atom stereocenters. The fourth-order valence-corrected chi connectivity index (χ4v) is 1.99. The minimum Gasteiger partial charge on any atom is -0.356 e. The Morgan fingerprint density at radius 3 is 2.50 bits per heavy atom. The molecule has 2 N–H and O–H groups in total. The van der Waals surface area contributed by atoms with Crippen molar-refractivity contribution >= 4 is 41.5 Å². The Hall–Kier alpha value is -1.34. The molecule has 0 saturated carbocycles. The molecule has 0 bridgehead atoms. The molecule has 6 heteroatoms. The van der Waals surface area contributed by atoms with Gasteiger partial charge < -0.3 is 10.6 Å². The number of halogens is 2. The number of nitrogens with zero attached hydrogens (tertiary/aromatic N) is 2. The Morgan fingerprint density at radius 2 is 1.86 bits per heavy atom. The summed E-state index contributed by atoms with van der Waals surface area (Å²) in [5, 5.41) is 7.08. The number of aliphatic imine (C=N–C) groups is 1. The SMILES string of the molecule is CN=C(NCCc1ccc(Cl)nc1)NCc1ccccc1.I. The molecule has 0 aliphatic rings. The van der Waals surface area contributed by atoms with Gasteiger partial charge in [0.1, 0.15) is 5.15 Å². The van der Waals surface area contributed by atoms with E-state index in [1.54, 1.807) is 19.3 Å². The molecule has 2 aromatic rings. The van der Waals surface area contributed by atoms with Crippen LogP contribution in [0.4, 0.5) is 0 Å². The molecule has 0 fully saturated rings. The molecule has 0 amide bonds. The summed E-state index contributed by atoms with van der Waals surface area (Å²) < 4.78 is 0. The molecule has 0 saturated heterocycles. The second-order valence-corrected chi connectivity index (χ2v) is 4.96. The van der Waals surface area contributed by atoms with Crippen LogP contribution in [0, 0.1) is 0 Å². The summed E-state index contributed by atoms with van der Waals surface area (Å²) in [6.07, 6.45) is 2.67. The van der Waals surface area contributed by atoms with Gasteiger partial charge in [0, 0.05) is 26.3 Å². The van der Waals surface area contributed by atoms with Crippen LogP contribution in [0.1, 0.15) is 11.1 Å². The third-order valence-corrected chi connectivity index (χ3v) is 3.24. The lowest BCUT2D eigenvalue weighted by atomic mass is 10.2. The molecule has 0 spiro atoms. The summed E-state index contributed by atoms with van der Waals surface area (Å²) in [5.41, 5.74) is 2.37.